The maximum Gasteiger partial charge on any atom is 0.131 e. The molecular weight excluding hydrogens is 889 g/mol. The summed E-state index contributed by atoms with van der Waals surface area (Å²) in [5, 5.41) is 14.9. The number of benzene rings is 4. The predicted molar refractivity (Wildman–Crippen MR) is 280 cm³/mol. The first-order valence-corrected chi connectivity index (χ1v) is 28.4. The van der Waals surface area contributed by atoms with Crippen molar-refractivity contribution in [3.8, 4) is 23.0 Å². The fourth-order valence-corrected chi connectivity index (χ4v) is 19.6. The van der Waals surface area contributed by atoms with Crippen LogP contribution in [-0.2, 0) is 47.3 Å². The highest BCUT2D eigenvalue weighted by Crippen LogP contribution is 2.63. The summed E-state index contributed by atoms with van der Waals surface area (Å²) in [4.78, 5) is 0. The van der Waals surface area contributed by atoms with Crippen molar-refractivity contribution < 1.29 is 18.9 Å². The number of rotatable bonds is 0. The van der Waals surface area contributed by atoms with Crippen molar-refractivity contribution in [2.24, 2.45) is 11.8 Å². The number of hydrogen-bond donors (Lipinski definition) is 4. The third-order valence-corrected chi connectivity index (χ3v) is 21.9. The second kappa shape index (κ2) is 15.2. The van der Waals surface area contributed by atoms with Crippen molar-refractivity contribution in [2.45, 2.75) is 160 Å². The zero-order chi connectivity index (χ0) is 47.0. The van der Waals surface area contributed by atoms with Gasteiger partial charge in [0, 0.05) is 69.6 Å². The molecule has 72 heavy (non-hydrogen) atoms. The first-order chi connectivity index (χ1) is 35.6. The molecule has 8 aliphatic carbocycles. The summed E-state index contributed by atoms with van der Waals surface area (Å²) in [6.45, 7) is 4.55. The molecule has 4 aromatic rings. The molecule has 6 unspecified atom stereocenters. The first kappa shape index (κ1) is 42.3. The molecule has 14 atom stereocenters. The molecule has 0 aromatic heterocycles. The van der Waals surface area contributed by atoms with Crippen LogP contribution in [0.3, 0.4) is 0 Å². The second-order valence-corrected chi connectivity index (χ2v) is 24.5. The van der Waals surface area contributed by atoms with E-state index in [0.717, 1.165) is 63.4 Å². The van der Waals surface area contributed by atoms with Crippen molar-refractivity contribution >= 4 is 0 Å². The van der Waals surface area contributed by atoms with E-state index in [2.05, 4.69) is 131 Å². The van der Waals surface area contributed by atoms with Gasteiger partial charge in [-0.15, -0.1) is 0 Å². The lowest BCUT2D eigenvalue weighted by atomic mass is 9.52. The Balaban J connectivity index is 0.0000000797. The molecule has 1 saturated carbocycles. The molecule has 8 nitrogen and oxygen atoms in total. The number of allylic oxidation sites excluding steroid dienone is 3. The molecule has 8 bridgehead atoms. The van der Waals surface area contributed by atoms with E-state index in [0.29, 0.717) is 53.8 Å². The monoisotopic (exact) mass is 957 g/mol. The molecule has 8 heterocycles. The topological polar surface area (TPSA) is 85.0 Å². The van der Waals surface area contributed by atoms with Crippen LogP contribution in [0.2, 0.25) is 0 Å². The third-order valence-electron chi connectivity index (χ3n) is 21.9. The summed E-state index contributed by atoms with van der Waals surface area (Å²) in [7, 11) is 0. The highest BCUT2D eigenvalue weighted by atomic mass is 16.5. The fraction of sp³-hybridized carbons (Fsp3) is 0.500. The minimum Gasteiger partial charge on any atom is -0.489 e. The number of hydrogen-bond acceptors (Lipinski definition) is 8. The van der Waals surface area contributed by atoms with Crippen LogP contribution in [0.5, 0.6) is 23.0 Å². The Morgan fingerprint density at radius 3 is 1.86 bits per heavy atom. The summed E-state index contributed by atoms with van der Waals surface area (Å²) < 4.78 is 25.2. The lowest BCUT2D eigenvalue weighted by molar-refractivity contribution is 0.00338. The molecule has 368 valence electrons. The average molecular weight is 957 g/mol. The van der Waals surface area contributed by atoms with Crippen molar-refractivity contribution in [1.82, 2.24) is 21.3 Å². The van der Waals surface area contributed by atoms with E-state index in [1.54, 1.807) is 33.4 Å². The van der Waals surface area contributed by atoms with Crippen LogP contribution in [0, 0.1) is 11.8 Å². The van der Waals surface area contributed by atoms with E-state index in [-0.39, 0.29) is 22.3 Å². The normalized spacial score (nSPS) is 40.6. The second-order valence-electron chi connectivity index (χ2n) is 24.5. The predicted octanol–water partition coefficient (Wildman–Crippen LogP) is 9.01. The molecule has 8 aliphatic heterocycles. The van der Waals surface area contributed by atoms with Crippen molar-refractivity contribution in [3.63, 3.8) is 0 Å². The largest absolute Gasteiger partial charge is 0.489 e. The Hall–Kier alpha value is -5.12. The van der Waals surface area contributed by atoms with Gasteiger partial charge >= 0.3 is 0 Å². The summed E-state index contributed by atoms with van der Waals surface area (Å²) in [5.41, 5.74) is 16.5. The van der Waals surface area contributed by atoms with Crippen molar-refractivity contribution in [1.29, 1.82) is 0 Å². The highest BCUT2D eigenvalue weighted by Gasteiger charge is 2.63. The third kappa shape index (κ3) is 5.33. The van der Waals surface area contributed by atoms with Crippen LogP contribution >= 0.6 is 0 Å². The minimum atomic E-state index is 0.148. The first-order valence-electron chi connectivity index (χ1n) is 28.4. The number of nitrogens with one attached hydrogen (secondary N) is 4. The van der Waals surface area contributed by atoms with E-state index >= 15 is 0 Å². The molecule has 4 aromatic carbocycles. The fourth-order valence-electron chi connectivity index (χ4n) is 19.6. The molecular formula is C64H68N4O4. The maximum absolute atomic E-state index is 6.35. The van der Waals surface area contributed by atoms with Crippen LogP contribution in [-0.4, -0.2) is 74.8 Å². The molecule has 8 heteroatoms. The van der Waals surface area contributed by atoms with E-state index in [9.17, 15) is 0 Å². The van der Waals surface area contributed by atoms with Crippen LogP contribution < -0.4 is 40.2 Å². The Labute approximate surface area is 424 Å². The van der Waals surface area contributed by atoms with Gasteiger partial charge in [0.15, 0.2) is 0 Å². The van der Waals surface area contributed by atoms with Gasteiger partial charge in [-0.2, -0.15) is 0 Å². The van der Waals surface area contributed by atoms with Gasteiger partial charge in [-0.25, -0.2) is 0 Å². The van der Waals surface area contributed by atoms with Gasteiger partial charge in [0.05, 0.1) is 10.8 Å². The van der Waals surface area contributed by atoms with Gasteiger partial charge in [0.1, 0.15) is 47.4 Å². The standard InChI is InChI=1S/C16H19NO.2C16H17NO.C16H15NO/c4*1-3-10-9-12-11-4-2-6-14-16(11,7-8-17-12)15(10)13(5-1)18-14/h1,3,5,11-12,14,17H,2,4,6-9H2;1,3-5,12,14,17H,2,6-9H2;1-5,11-12,14,17H,6-9H2;1-6,12,14,17H,7-9H2/t11?,12-,14?,16-;12-,14?,16-;11?,12-,14?,16-;12-,14?,16-/m1111/s1. The molecule has 5 fully saturated rings. The highest BCUT2D eigenvalue weighted by molar-refractivity contribution is 5.64. The van der Waals surface area contributed by atoms with Crippen molar-refractivity contribution in [2.75, 3.05) is 26.2 Å². The molecule has 0 amide bonds. The van der Waals surface area contributed by atoms with Gasteiger partial charge in [-0.05, 0) is 179 Å². The summed E-state index contributed by atoms with van der Waals surface area (Å²) in [6, 6.07) is 28.9. The molecule has 4 spiro atoms. The van der Waals surface area contributed by atoms with Crippen LogP contribution in [0.15, 0.2) is 120 Å². The SMILES string of the molecule is C1=C2[C@H]3Cc4cccc5c4[C@@]2(CCN3)C(CC1)O5.C1=CC2Oc3cccc4c3[C@@]23CCN[C@H](C4)C3=C1.C1=CC2[C@H]3Cc4cccc5c4[C@@]2(CCN3)C(C1)O5.c1cc2c3c(c1)OC1CCCC4[C@@H](C2)NCC[C@]314. The van der Waals surface area contributed by atoms with Gasteiger partial charge in [-0.3, -0.25) is 0 Å². The Bertz CT molecular complexity index is 3080. The lowest BCUT2D eigenvalue weighted by Gasteiger charge is -2.55. The molecule has 20 rings (SSSR count). The maximum atomic E-state index is 6.35. The van der Waals surface area contributed by atoms with E-state index in [1.807, 2.05) is 0 Å². The summed E-state index contributed by atoms with van der Waals surface area (Å²) in [5.74, 6) is 6.14. The lowest BCUT2D eigenvalue weighted by Crippen LogP contribution is -2.63. The molecule has 0 radical (unpaired) electrons. The van der Waals surface area contributed by atoms with E-state index in [1.165, 1.54) is 104 Å². The van der Waals surface area contributed by atoms with Crippen LogP contribution in [0.4, 0.5) is 0 Å². The van der Waals surface area contributed by atoms with Crippen molar-refractivity contribution in [3.05, 3.63) is 165 Å². The van der Waals surface area contributed by atoms with Gasteiger partial charge < -0.3 is 40.2 Å². The molecule has 4 saturated heterocycles. The van der Waals surface area contributed by atoms with Gasteiger partial charge in [0.2, 0.25) is 0 Å². The zero-order valence-corrected chi connectivity index (χ0v) is 41.5. The van der Waals surface area contributed by atoms with Crippen LogP contribution in [0.1, 0.15) is 109 Å². The van der Waals surface area contributed by atoms with Gasteiger partial charge in [0.25, 0.3) is 0 Å². The summed E-state index contributed by atoms with van der Waals surface area (Å²) in [6.07, 6.45) is 32.5. The minimum absolute atomic E-state index is 0.148. The number of piperidine rings is 4. The summed E-state index contributed by atoms with van der Waals surface area (Å²) >= 11 is 0. The number of ether oxygens (including phenoxy) is 4. The Morgan fingerprint density at radius 1 is 0.486 bits per heavy atom. The van der Waals surface area contributed by atoms with E-state index in [4.69, 9.17) is 18.9 Å². The quantitative estimate of drug-likeness (QED) is 0.130. The Kier molecular flexibility index (Phi) is 8.95. The zero-order valence-electron chi connectivity index (χ0n) is 41.5. The average Bonchev–Trinajstić information content (AvgIpc) is 4.12. The Morgan fingerprint density at radius 2 is 1.08 bits per heavy atom. The van der Waals surface area contributed by atoms with E-state index < -0.39 is 0 Å². The van der Waals surface area contributed by atoms with Crippen LogP contribution in [0.25, 0.3) is 0 Å². The molecule has 16 aliphatic rings. The smallest absolute Gasteiger partial charge is 0.131 e. The molecule has 4 N–H and O–H groups in total. The van der Waals surface area contributed by atoms with Gasteiger partial charge in [-0.1, -0.05) is 78.9 Å².